The van der Waals surface area contributed by atoms with Gasteiger partial charge in [-0.2, -0.15) is 5.26 Å². The zero-order valence-electron chi connectivity index (χ0n) is 42.9. The van der Waals surface area contributed by atoms with Crippen molar-refractivity contribution in [3.05, 3.63) is 77.0 Å². The number of nitrogens with one attached hydrogen (secondary N) is 7. The molecule has 72 heavy (non-hydrogen) atoms. The number of nitriles is 1. The maximum Gasteiger partial charge on any atom is 0.407 e. The smallest absolute Gasteiger partial charge is 0.407 e. The second kappa shape index (κ2) is 26.4. The quantitative estimate of drug-likeness (QED) is 0.0500. The third-order valence-corrected chi connectivity index (χ3v) is 10.2. The molecule has 22 heteroatoms. The minimum absolute atomic E-state index is 0.0127. The predicted molar refractivity (Wildman–Crippen MR) is 265 cm³/mol. The van der Waals surface area contributed by atoms with Crippen LogP contribution in [0.2, 0.25) is 5.02 Å². The highest BCUT2D eigenvalue weighted by atomic mass is 35.5. The van der Waals surface area contributed by atoms with Gasteiger partial charge in [0.05, 0.1) is 30.5 Å². The highest BCUT2D eigenvalue weighted by Gasteiger charge is 2.36. The van der Waals surface area contributed by atoms with Gasteiger partial charge >= 0.3 is 12.2 Å². The van der Waals surface area contributed by atoms with E-state index in [0.29, 0.717) is 11.4 Å². The number of carbonyl (C=O) groups excluding carboxylic acids is 8. The van der Waals surface area contributed by atoms with Crippen molar-refractivity contribution in [1.29, 1.82) is 5.26 Å². The van der Waals surface area contributed by atoms with E-state index in [4.69, 9.17) is 35.5 Å². The average Bonchev–Trinajstić information content (AvgIpc) is 3.76. The molecule has 21 nitrogen and oxygen atoms in total. The number of amides is 7. The van der Waals surface area contributed by atoms with Crippen LogP contribution in [0, 0.1) is 11.3 Å². The number of Topliss-reactive ketones (excluding diaryl/α,β-unsaturated/α-hetero) is 1. The van der Waals surface area contributed by atoms with Crippen LogP contribution in [-0.2, 0) is 33.4 Å². The molecule has 0 aliphatic rings. The summed E-state index contributed by atoms with van der Waals surface area (Å²) in [5, 5.41) is 27.7. The number of aromatic nitrogens is 1. The van der Waals surface area contributed by atoms with Crippen molar-refractivity contribution < 1.29 is 57.0 Å². The number of benzene rings is 2. The van der Waals surface area contributed by atoms with E-state index in [9.17, 15) is 38.4 Å². The van der Waals surface area contributed by atoms with Crippen LogP contribution in [0.1, 0.15) is 129 Å². The Labute approximate surface area is 425 Å². The molecule has 0 saturated heterocycles. The molecule has 1 aromatic heterocycles. The van der Waals surface area contributed by atoms with Gasteiger partial charge in [0, 0.05) is 17.1 Å². The van der Waals surface area contributed by atoms with Crippen LogP contribution in [0.4, 0.5) is 9.59 Å². The van der Waals surface area contributed by atoms with Crippen molar-refractivity contribution in [2.24, 2.45) is 0 Å². The summed E-state index contributed by atoms with van der Waals surface area (Å²) in [4.78, 5) is 111. The molecule has 3 aromatic rings. The molecule has 0 fully saturated rings. The summed E-state index contributed by atoms with van der Waals surface area (Å²) in [6, 6.07) is 8.54. The molecule has 7 N–H and O–H groups in total. The van der Waals surface area contributed by atoms with E-state index in [0.717, 1.165) is 17.3 Å². The maximum absolute atomic E-state index is 14.2. The largest absolute Gasteiger partial charge is 0.444 e. The van der Waals surface area contributed by atoms with Crippen LogP contribution in [0.5, 0.6) is 0 Å². The Kier molecular flexibility index (Phi) is 21.7. The fourth-order valence-corrected chi connectivity index (χ4v) is 6.73. The van der Waals surface area contributed by atoms with Crippen LogP contribution in [0.25, 0.3) is 11.1 Å². The highest BCUT2D eigenvalue weighted by Crippen LogP contribution is 2.22. The Morgan fingerprint density at radius 1 is 0.653 bits per heavy atom. The van der Waals surface area contributed by atoms with Gasteiger partial charge in [-0.05, 0) is 138 Å². The van der Waals surface area contributed by atoms with E-state index in [1.807, 2.05) is 12.1 Å². The van der Waals surface area contributed by atoms with Gasteiger partial charge < -0.3 is 55.8 Å². The van der Waals surface area contributed by atoms with E-state index in [2.05, 4.69) is 42.2 Å². The van der Waals surface area contributed by atoms with Crippen molar-refractivity contribution in [3.8, 4) is 17.2 Å². The molecule has 6 atom stereocenters. The molecule has 0 bridgehead atoms. The lowest BCUT2D eigenvalue weighted by Crippen LogP contribution is -2.62. The average molecular weight is 1020 g/mol. The monoisotopic (exact) mass is 1020 g/mol. The topological polar surface area (TPSA) is 298 Å². The summed E-state index contributed by atoms with van der Waals surface area (Å²) >= 11 is 6.04. The molecule has 7 amide bonds. The number of alkyl carbamates (subject to hydrolysis) is 2. The number of ketones is 1. The molecule has 0 aliphatic heterocycles. The number of rotatable bonds is 22. The first-order valence-corrected chi connectivity index (χ1v) is 23.7. The molecule has 1 heterocycles. The molecule has 0 aliphatic carbocycles. The third-order valence-electron chi connectivity index (χ3n) is 9.94. The molecule has 0 saturated carbocycles. The molecule has 3 rings (SSSR count). The summed E-state index contributed by atoms with van der Waals surface area (Å²) in [5.74, 6) is -5.46. The van der Waals surface area contributed by atoms with Crippen LogP contribution in [0.3, 0.4) is 0 Å². The van der Waals surface area contributed by atoms with Gasteiger partial charge in [-0.1, -0.05) is 35.9 Å². The van der Waals surface area contributed by atoms with E-state index < -0.39 is 113 Å². The Bertz CT molecular complexity index is 2420. The number of ether oxygens (including phenoxy) is 3. The molecule has 0 spiro atoms. The van der Waals surface area contributed by atoms with E-state index in [1.165, 1.54) is 20.8 Å². The van der Waals surface area contributed by atoms with Gasteiger partial charge in [0.25, 0.3) is 11.8 Å². The Morgan fingerprint density at radius 2 is 1.19 bits per heavy atom. The lowest BCUT2D eigenvalue weighted by molar-refractivity contribution is -0.139. The Hall–Kier alpha value is -7.05. The van der Waals surface area contributed by atoms with Crippen molar-refractivity contribution in [2.75, 3.05) is 13.1 Å². The van der Waals surface area contributed by atoms with Gasteiger partial charge in [0.2, 0.25) is 35.2 Å². The van der Waals surface area contributed by atoms with Gasteiger partial charge in [0.1, 0.15) is 41.4 Å². The van der Waals surface area contributed by atoms with E-state index in [1.54, 1.807) is 105 Å². The number of hydrogen-bond acceptors (Lipinski definition) is 14. The van der Waals surface area contributed by atoms with Crippen LogP contribution < -0.4 is 37.2 Å². The van der Waals surface area contributed by atoms with Crippen molar-refractivity contribution in [1.82, 2.24) is 42.2 Å². The Balaban J connectivity index is 1.84. The Morgan fingerprint density at radius 3 is 1.74 bits per heavy atom. The van der Waals surface area contributed by atoms with Crippen LogP contribution in [-0.4, -0.2) is 119 Å². The number of nitrogens with zero attached hydrogens (tertiary/aromatic N) is 2. The normalized spacial score (nSPS) is 14.1. The third kappa shape index (κ3) is 20.7. The van der Waals surface area contributed by atoms with Gasteiger partial charge in [-0.15, -0.1) is 0 Å². The SMILES string of the molecule is CC(NC(=O)C(NC(=O)C(CNC(=O)OC(C)(C)C)NC(=O)c1ccc(-c2ccc(Cl)cc2)cc1)C(C)OC(C)(C)C)C(=O)NC(CCCCNC(=O)OC(C)(C)C)C(=O)NC(C)C(=O)c1ncc(C#N)o1. The fourth-order valence-electron chi connectivity index (χ4n) is 6.60. The maximum atomic E-state index is 14.2. The first kappa shape index (κ1) is 59.3. The molecule has 392 valence electrons. The number of unbranched alkanes of at least 4 members (excludes halogenated alkanes) is 1. The molecule has 2 aromatic carbocycles. The number of carbonyl (C=O) groups is 8. The second-order valence-electron chi connectivity index (χ2n) is 19.9. The first-order chi connectivity index (χ1) is 33.4. The number of hydrogen-bond donors (Lipinski definition) is 7. The molecular weight excluding hydrogens is 954 g/mol. The van der Waals surface area contributed by atoms with Crippen LogP contribution in [0.15, 0.2) is 59.1 Å². The predicted octanol–water partition coefficient (Wildman–Crippen LogP) is 5.25. The number of oxazole rings is 1. The highest BCUT2D eigenvalue weighted by molar-refractivity contribution is 6.30. The summed E-state index contributed by atoms with van der Waals surface area (Å²) < 4.78 is 21.8. The molecular formula is C50H68ClN9O12. The fraction of sp³-hybridized carbons (Fsp3) is 0.520. The second-order valence-corrected chi connectivity index (χ2v) is 20.3. The van der Waals surface area contributed by atoms with E-state index >= 15 is 0 Å². The van der Waals surface area contributed by atoms with Crippen molar-refractivity contribution >= 4 is 59.1 Å². The van der Waals surface area contributed by atoms with Crippen LogP contribution >= 0.6 is 11.6 Å². The van der Waals surface area contributed by atoms with Gasteiger partial charge in [-0.3, -0.25) is 28.8 Å². The van der Waals surface area contributed by atoms with Gasteiger partial charge in [-0.25, -0.2) is 14.6 Å². The minimum atomic E-state index is -1.51. The van der Waals surface area contributed by atoms with E-state index in [-0.39, 0.29) is 30.7 Å². The van der Waals surface area contributed by atoms with Crippen molar-refractivity contribution in [3.63, 3.8) is 0 Å². The summed E-state index contributed by atoms with van der Waals surface area (Å²) in [6.07, 6.45) is -0.867. The molecule has 6 unspecified atom stereocenters. The van der Waals surface area contributed by atoms with Gasteiger partial charge in [0.15, 0.2) is 0 Å². The van der Waals surface area contributed by atoms with Crippen molar-refractivity contribution in [2.45, 2.75) is 155 Å². The summed E-state index contributed by atoms with van der Waals surface area (Å²) in [6.45, 7) is 19.2. The standard InChI is InChI=1S/C50H68ClN9O12/c1-28(39(61)45-54-26-35(25-52)69-45)56-42(64)36(15-13-14-24-53-46(67)71-49(7,8)9)58-40(62)29(2)57-44(66)38(30(3)70-48(4,5)6)60-43(65)37(27-55-47(68)72-50(10,11)12)59-41(63)33-18-16-31(17-19-33)32-20-22-34(51)23-21-32/h16-23,26,28-30,36-38H,13-15,24,27H2,1-12H3,(H,53,67)(H,55,68)(H,56,64)(H,57,66)(H,58,62)(H,59,63)(H,60,65). The first-order valence-electron chi connectivity index (χ1n) is 23.3. The zero-order chi connectivity index (χ0) is 54.1. The molecule has 0 radical (unpaired) electrons. The summed E-state index contributed by atoms with van der Waals surface area (Å²) in [7, 11) is 0. The lowest BCUT2D eigenvalue weighted by atomic mass is 10.0. The summed E-state index contributed by atoms with van der Waals surface area (Å²) in [5.41, 5.74) is -0.652. The lowest BCUT2D eigenvalue weighted by Gasteiger charge is -2.32. The zero-order valence-corrected chi connectivity index (χ0v) is 43.6. The minimum Gasteiger partial charge on any atom is -0.444 e. The number of halogens is 1.